The lowest BCUT2D eigenvalue weighted by Crippen LogP contribution is -2.72. The van der Waals surface area contributed by atoms with Crippen LogP contribution in [0.15, 0.2) is 10.5 Å². The number of anilines is 1. The molecule has 2 atom stereocenters. The molecule has 1 aromatic heterocycles. The number of alkyl halides is 1. The van der Waals surface area contributed by atoms with Gasteiger partial charge in [0.1, 0.15) is 17.6 Å². The van der Waals surface area contributed by atoms with E-state index >= 15 is 0 Å². The van der Waals surface area contributed by atoms with Gasteiger partial charge in [-0.05, 0) is 13.8 Å². The first-order valence-corrected chi connectivity index (χ1v) is 10.3. The van der Waals surface area contributed by atoms with E-state index in [0.29, 0.717) is 0 Å². The minimum absolute atomic E-state index is 0.0348. The Morgan fingerprint density at radius 1 is 1.28 bits per heavy atom. The second-order valence-corrected chi connectivity index (χ2v) is 7.84. The number of thiazole rings is 1. The van der Waals surface area contributed by atoms with E-state index in [2.05, 4.69) is 35.6 Å². The minimum Gasteiger partial charge on any atom is -0.467 e. The number of oxime groups is 1. The second-order valence-electron chi connectivity index (χ2n) is 6.71. The molecule has 174 valence electrons. The van der Waals surface area contributed by atoms with Gasteiger partial charge in [-0.1, -0.05) is 5.16 Å². The summed E-state index contributed by atoms with van der Waals surface area (Å²) in [5, 5.41) is 12.3. The summed E-state index contributed by atoms with van der Waals surface area (Å²) in [5.41, 5.74) is -2.02. The molecule has 0 aliphatic carbocycles. The SMILES string of the molecule is COC(=O)C1NC(=O)C1NC(=O)/C(=N\OC(C)(C)C(=O)OC)c1csc(NC(=O)CCl)n1. The topological polar surface area (TPSA) is 174 Å². The zero-order chi connectivity index (χ0) is 24.1. The maximum atomic E-state index is 12.9. The molecule has 0 radical (unpaired) electrons. The van der Waals surface area contributed by atoms with Crippen molar-refractivity contribution in [2.45, 2.75) is 31.5 Å². The molecular weight excluding hydrogens is 470 g/mol. The first kappa shape index (κ1) is 25.0. The molecule has 32 heavy (non-hydrogen) atoms. The quantitative estimate of drug-likeness (QED) is 0.131. The number of nitrogens with zero attached hydrogens (tertiary/aromatic N) is 2. The van der Waals surface area contributed by atoms with Gasteiger partial charge in [0.2, 0.25) is 17.4 Å². The number of aromatic nitrogens is 1. The molecule has 2 heterocycles. The highest BCUT2D eigenvalue weighted by molar-refractivity contribution is 7.14. The number of carbonyl (C=O) groups is 5. The fourth-order valence-electron chi connectivity index (χ4n) is 2.30. The van der Waals surface area contributed by atoms with E-state index < -0.39 is 53.1 Å². The average Bonchev–Trinajstić information content (AvgIpc) is 3.22. The van der Waals surface area contributed by atoms with Crippen LogP contribution in [0, 0.1) is 0 Å². The smallest absolute Gasteiger partial charge is 0.352 e. The summed E-state index contributed by atoms with van der Waals surface area (Å²) in [6.45, 7) is 2.72. The third kappa shape index (κ3) is 5.70. The van der Waals surface area contributed by atoms with Gasteiger partial charge >= 0.3 is 11.9 Å². The molecule has 0 aromatic carbocycles. The standard InChI is InChI=1S/C17H20ClN5O8S/c1-17(2,15(28)30-4)31-23-9(7-6-32-16(19-7)20-8(24)5-18)12(25)21-10-11(14(27)29-3)22-13(10)26/h6,10-11H,5H2,1-4H3,(H,21,25)(H,22,26)(H,19,20,24)/b23-9-. The Morgan fingerprint density at radius 2 is 1.97 bits per heavy atom. The van der Waals surface area contributed by atoms with Crippen LogP contribution in [0.25, 0.3) is 0 Å². The summed E-state index contributed by atoms with van der Waals surface area (Å²) in [5.74, 6) is -3.89. The number of methoxy groups -OCH3 is 2. The lowest BCUT2D eigenvalue weighted by atomic mass is 9.99. The largest absolute Gasteiger partial charge is 0.467 e. The number of amides is 3. The lowest BCUT2D eigenvalue weighted by molar-refractivity contribution is -0.165. The zero-order valence-corrected chi connectivity index (χ0v) is 19.0. The van der Waals surface area contributed by atoms with E-state index in [4.69, 9.17) is 16.4 Å². The highest BCUT2D eigenvalue weighted by Gasteiger charge is 2.46. The molecule has 1 aliphatic rings. The Labute approximate surface area is 190 Å². The van der Waals surface area contributed by atoms with Crippen LogP contribution in [0.4, 0.5) is 5.13 Å². The number of rotatable bonds is 9. The number of ether oxygens (including phenoxy) is 2. The third-order valence-electron chi connectivity index (χ3n) is 4.03. The van der Waals surface area contributed by atoms with Gasteiger partial charge in [-0.15, -0.1) is 22.9 Å². The summed E-state index contributed by atoms with van der Waals surface area (Å²) in [4.78, 5) is 69.0. The molecule has 1 aliphatic heterocycles. The van der Waals surface area contributed by atoms with Gasteiger partial charge in [-0.25, -0.2) is 14.6 Å². The molecule has 15 heteroatoms. The number of halogens is 1. The molecule has 3 N–H and O–H groups in total. The predicted molar refractivity (Wildman–Crippen MR) is 111 cm³/mol. The van der Waals surface area contributed by atoms with E-state index in [0.717, 1.165) is 25.6 Å². The van der Waals surface area contributed by atoms with E-state index in [9.17, 15) is 24.0 Å². The third-order valence-corrected chi connectivity index (χ3v) is 5.03. The molecule has 1 aromatic rings. The lowest BCUT2D eigenvalue weighted by Gasteiger charge is -2.34. The Balaban J connectivity index is 2.31. The van der Waals surface area contributed by atoms with Gasteiger partial charge in [0, 0.05) is 5.38 Å². The van der Waals surface area contributed by atoms with Crippen molar-refractivity contribution in [3.8, 4) is 0 Å². The van der Waals surface area contributed by atoms with Gasteiger partial charge in [0.25, 0.3) is 5.91 Å². The first-order valence-electron chi connectivity index (χ1n) is 8.89. The predicted octanol–water partition coefficient (Wildman–Crippen LogP) is -0.851. The molecule has 0 spiro atoms. The molecule has 2 rings (SSSR count). The van der Waals surface area contributed by atoms with Gasteiger partial charge < -0.3 is 30.3 Å². The van der Waals surface area contributed by atoms with Crippen LogP contribution in [0.2, 0.25) is 0 Å². The Bertz CT molecular complexity index is 962. The molecule has 0 saturated carbocycles. The monoisotopic (exact) mass is 489 g/mol. The van der Waals surface area contributed by atoms with E-state index in [1.807, 2.05) is 0 Å². The summed E-state index contributed by atoms with van der Waals surface area (Å²) in [6.07, 6.45) is 0. The van der Waals surface area contributed by atoms with Crippen LogP contribution in [0.5, 0.6) is 0 Å². The normalized spacial score (nSPS) is 18.0. The summed E-state index contributed by atoms with van der Waals surface area (Å²) < 4.78 is 9.19. The van der Waals surface area contributed by atoms with Crippen molar-refractivity contribution in [1.29, 1.82) is 0 Å². The van der Waals surface area contributed by atoms with Crippen LogP contribution in [0.3, 0.4) is 0 Å². The van der Waals surface area contributed by atoms with Crippen molar-refractivity contribution in [2.24, 2.45) is 5.16 Å². The van der Waals surface area contributed by atoms with Crippen molar-refractivity contribution < 1.29 is 38.3 Å². The number of nitrogens with one attached hydrogen (secondary N) is 3. The van der Waals surface area contributed by atoms with Crippen molar-refractivity contribution >= 4 is 63.4 Å². The Hall–Kier alpha value is -3.26. The van der Waals surface area contributed by atoms with Crippen LogP contribution < -0.4 is 16.0 Å². The summed E-state index contributed by atoms with van der Waals surface area (Å²) >= 11 is 6.42. The van der Waals surface area contributed by atoms with Gasteiger partial charge in [0.05, 0.1) is 14.2 Å². The number of hydrogen-bond donors (Lipinski definition) is 3. The molecule has 13 nitrogen and oxygen atoms in total. The zero-order valence-electron chi connectivity index (χ0n) is 17.4. The highest BCUT2D eigenvalue weighted by Crippen LogP contribution is 2.19. The van der Waals surface area contributed by atoms with E-state index in [1.54, 1.807) is 0 Å². The van der Waals surface area contributed by atoms with Crippen LogP contribution in [-0.2, 0) is 38.3 Å². The van der Waals surface area contributed by atoms with Gasteiger partial charge in [0.15, 0.2) is 16.9 Å². The first-order chi connectivity index (χ1) is 15.0. The van der Waals surface area contributed by atoms with Gasteiger partial charge in [-0.2, -0.15) is 0 Å². The maximum Gasteiger partial charge on any atom is 0.352 e. The fourth-order valence-corrected chi connectivity index (χ4v) is 3.08. The number of carbonyl (C=O) groups excluding carboxylic acids is 5. The Kier molecular flexibility index (Phi) is 8.10. The maximum absolute atomic E-state index is 12.9. The molecule has 2 unspecified atom stereocenters. The van der Waals surface area contributed by atoms with Crippen LogP contribution >= 0.6 is 22.9 Å². The van der Waals surface area contributed by atoms with E-state index in [-0.39, 0.29) is 16.7 Å². The van der Waals surface area contributed by atoms with Gasteiger partial charge in [-0.3, -0.25) is 14.4 Å². The number of hydrogen-bond acceptors (Lipinski definition) is 11. The number of esters is 2. The molecule has 3 amide bonds. The summed E-state index contributed by atoms with van der Waals surface area (Å²) in [6, 6.07) is -2.30. The molecule has 1 fully saturated rings. The number of β-lactam (4-membered cyclic amide) rings is 1. The fraction of sp³-hybridized carbons (Fsp3) is 0.471. The molecular formula is C17H20ClN5O8S. The Morgan fingerprint density at radius 3 is 2.53 bits per heavy atom. The van der Waals surface area contributed by atoms with Crippen molar-refractivity contribution in [2.75, 3.05) is 25.4 Å². The second kappa shape index (κ2) is 10.4. The van der Waals surface area contributed by atoms with Crippen molar-refractivity contribution in [3.05, 3.63) is 11.1 Å². The average molecular weight is 490 g/mol. The minimum atomic E-state index is -1.56. The molecule has 1 saturated heterocycles. The highest BCUT2D eigenvalue weighted by atomic mass is 35.5. The van der Waals surface area contributed by atoms with Crippen LogP contribution in [-0.4, -0.2) is 78.1 Å². The van der Waals surface area contributed by atoms with E-state index in [1.165, 1.54) is 19.2 Å². The van der Waals surface area contributed by atoms with Crippen molar-refractivity contribution in [3.63, 3.8) is 0 Å². The summed E-state index contributed by atoms with van der Waals surface area (Å²) in [7, 11) is 2.28. The van der Waals surface area contributed by atoms with Crippen LogP contribution in [0.1, 0.15) is 19.5 Å². The van der Waals surface area contributed by atoms with Crippen molar-refractivity contribution in [1.82, 2.24) is 15.6 Å². The molecule has 0 bridgehead atoms.